The van der Waals surface area contributed by atoms with Gasteiger partial charge >= 0.3 is 11.9 Å². The molecular formula is C29H33N5O8. The second kappa shape index (κ2) is 13.2. The molecule has 13 heteroatoms. The van der Waals surface area contributed by atoms with E-state index in [-0.39, 0.29) is 31.6 Å². The van der Waals surface area contributed by atoms with Crippen LogP contribution in [0.4, 0.5) is 0 Å². The molecule has 3 amide bonds. The fourth-order valence-electron chi connectivity index (χ4n) is 5.13. The summed E-state index contributed by atoms with van der Waals surface area (Å²) in [7, 11) is 0. The first-order chi connectivity index (χ1) is 20.0. The van der Waals surface area contributed by atoms with Gasteiger partial charge in [0.25, 0.3) is 0 Å². The highest BCUT2D eigenvalue weighted by atomic mass is 16.4. The number of hydrogen-bond acceptors (Lipinski definition) is 7. The fourth-order valence-corrected chi connectivity index (χ4v) is 5.13. The minimum atomic E-state index is -1.59. The van der Waals surface area contributed by atoms with Crippen LogP contribution in [-0.4, -0.2) is 85.6 Å². The monoisotopic (exact) mass is 579 g/mol. The van der Waals surface area contributed by atoms with Gasteiger partial charge in [0.1, 0.15) is 23.9 Å². The van der Waals surface area contributed by atoms with Gasteiger partial charge in [-0.1, -0.05) is 30.3 Å². The van der Waals surface area contributed by atoms with Gasteiger partial charge in [0.15, 0.2) is 0 Å². The Hall–Kier alpha value is -4.91. The summed E-state index contributed by atoms with van der Waals surface area (Å²) < 4.78 is 0. The van der Waals surface area contributed by atoms with Crippen LogP contribution in [0.2, 0.25) is 0 Å². The Morgan fingerprint density at radius 3 is 2.38 bits per heavy atom. The van der Waals surface area contributed by atoms with Crippen LogP contribution < -0.4 is 16.4 Å². The van der Waals surface area contributed by atoms with Gasteiger partial charge in [0, 0.05) is 30.1 Å². The van der Waals surface area contributed by atoms with E-state index in [0.717, 1.165) is 16.5 Å². The molecule has 0 aliphatic carbocycles. The van der Waals surface area contributed by atoms with Crippen molar-refractivity contribution >= 4 is 40.6 Å². The number of H-pyrrole nitrogens is 1. The number of hydrogen-bond donors (Lipinski definition) is 7. The second-order valence-corrected chi connectivity index (χ2v) is 10.3. The Kier molecular flexibility index (Phi) is 9.42. The maximum Gasteiger partial charge on any atom is 0.326 e. The topological polar surface area (TPSA) is 215 Å². The molecular weight excluding hydrogens is 546 g/mol. The van der Waals surface area contributed by atoms with Crippen LogP contribution in [0.25, 0.3) is 10.9 Å². The number of benzene rings is 2. The molecule has 0 saturated carbocycles. The fraction of sp³-hybridized carbons (Fsp3) is 0.345. The molecule has 4 rings (SSSR count). The van der Waals surface area contributed by atoms with Crippen LogP contribution >= 0.6 is 0 Å². The maximum atomic E-state index is 13.3. The first-order valence-corrected chi connectivity index (χ1v) is 13.5. The highest BCUT2D eigenvalue weighted by molar-refractivity contribution is 5.96. The van der Waals surface area contributed by atoms with Gasteiger partial charge < -0.3 is 41.6 Å². The molecule has 222 valence electrons. The van der Waals surface area contributed by atoms with E-state index in [1.807, 2.05) is 24.3 Å². The van der Waals surface area contributed by atoms with Crippen molar-refractivity contribution in [3.63, 3.8) is 0 Å². The zero-order valence-corrected chi connectivity index (χ0v) is 22.7. The molecule has 0 bridgehead atoms. The highest BCUT2D eigenvalue weighted by Gasteiger charge is 2.38. The minimum Gasteiger partial charge on any atom is -0.508 e. The van der Waals surface area contributed by atoms with Crippen LogP contribution in [-0.2, 0) is 36.8 Å². The van der Waals surface area contributed by atoms with Crippen LogP contribution in [0.5, 0.6) is 5.75 Å². The van der Waals surface area contributed by atoms with Crippen molar-refractivity contribution in [2.24, 2.45) is 5.73 Å². The molecule has 42 heavy (non-hydrogen) atoms. The standard InChI is InChI=1S/C29H33N5O8/c30-20(13-17-15-31-21-5-2-1-4-19(17)21)28(40)34-11-3-6-24(34)27(39)32-22(14-25(36)37)26(38)33-23(29(41)42)12-16-7-9-18(35)10-8-16/h1-2,4-5,7-10,15,20,22-24,31,35H,3,6,11-14,30H2,(H,32,39)(H,33,38)(H,36,37)(H,41,42). The molecule has 1 aliphatic rings. The Morgan fingerprint density at radius 1 is 0.976 bits per heavy atom. The smallest absolute Gasteiger partial charge is 0.326 e. The number of nitrogens with two attached hydrogens (primary N) is 1. The second-order valence-electron chi connectivity index (χ2n) is 10.3. The SMILES string of the molecule is NC(Cc1c[nH]c2ccccc12)C(=O)N1CCCC1C(=O)NC(CC(=O)O)C(=O)NC(Cc1ccc(O)cc1)C(=O)O. The van der Waals surface area contributed by atoms with E-state index in [4.69, 9.17) is 5.73 Å². The summed E-state index contributed by atoms with van der Waals surface area (Å²) in [4.78, 5) is 67.4. The number of para-hydroxylation sites is 1. The summed E-state index contributed by atoms with van der Waals surface area (Å²) in [6, 6.07) is 8.37. The summed E-state index contributed by atoms with van der Waals surface area (Å²) in [6.45, 7) is 0.266. The number of nitrogens with zero attached hydrogens (tertiary/aromatic N) is 1. The van der Waals surface area contributed by atoms with Crippen molar-refractivity contribution in [3.05, 3.63) is 65.9 Å². The number of likely N-dealkylation sites (tertiary alicyclic amines) is 1. The molecule has 1 aliphatic heterocycles. The molecule has 4 unspecified atom stereocenters. The molecule has 13 nitrogen and oxygen atoms in total. The first-order valence-electron chi connectivity index (χ1n) is 13.5. The Balaban J connectivity index is 1.42. The third-order valence-corrected chi connectivity index (χ3v) is 7.27. The number of fused-ring (bicyclic) bond motifs is 1. The number of aromatic nitrogens is 1. The quantitative estimate of drug-likeness (QED) is 0.159. The predicted molar refractivity (Wildman–Crippen MR) is 150 cm³/mol. The third kappa shape index (κ3) is 7.23. The molecule has 4 atom stereocenters. The van der Waals surface area contributed by atoms with Crippen LogP contribution in [0, 0.1) is 0 Å². The number of carbonyl (C=O) groups is 5. The van der Waals surface area contributed by atoms with Gasteiger partial charge in [0.2, 0.25) is 17.7 Å². The Morgan fingerprint density at radius 2 is 1.69 bits per heavy atom. The Labute approximate surface area is 240 Å². The van der Waals surface area contributed by atoms with Gasteiger partial charge in [-0.2, -0.15) is 0 Å². The molecule has 2 heterocycles. The number of rotatable bonds is 12. The van der Waals surface area contributed by atoms with E-state index in [0.29, 0.717) is 12.0 Å². The summed E-state index contributed by atoms with van der Waals surface area (Å²) >= 11 is 0. The average molecular weight is 580 g/mol. The first kappa shape index (κ1) is 30.1. The van der Waals surface area contributed by atoms with Crippen molar-refractivity contribution in [1.82, 2.24) is 20.5 Å². The van der Waals surface area contributed by atoms with Crippen molar-refractivity contribution in [3.8, 4) is 5.75 Å². The third-order valence-electron chi connectivity index (χ3n) is 7.27. The number of carboxylic acids is 2. The van der Waals surface area contributed by atoms with Crippen molar-refractivity contribution in [1.29, 1.82) is 0 Å². The predicted octanol–water partition coefficient (Wildman–Crippen LogP) is 0.506. The van der Waals surface area contributed by atoms with E-state index in [1.165, 1.54) is 29.2 Å². The number of phenols is 1. The molecule has 1 fully saturated rings. The zero-order chi connectivity index (χ0) is 30.4. The average Bonchev–Trinajstić information content (AvgIpc) is 3.60. The summed E-state index contributed by atoms with van der Waals surface area (Å²) in [5, 5.41) is 34.1. The Bertz CT molecular complexity index is 1470. The summed E-state index contributed by atoms with van der Waals surface area (Å²) in [5.74, 6) is -4.94. The number of carboxylic acid groups (broad SMARTS) is 2. The lowest BCUT2D eigenvalue weighted by Gasteiger charge is -2.28. The van der Waals surface area contributed by atoms with E-state index in [1.54, 1.807) is 6.20 Å². The number of carbonyl (C=O) groups excluding carboxylic acids is 3. The number of phenolic OH excluding ortho intramolecular Hbond substituents is 1. The number of aromatic hydroxyl groups is 1. The van der Waals surface area contributed by atoms with Crippen LogP contribution in [0.15, 0.2) is 54.7 Å². The lowest BCUT2D eigenvalue weighted by molar-refractivity contribution is -0.144. The molecule has 1 saturated heterocycles. The van der Waals surface area contributed by atoms with Gasteiger partial charge in [-0.15, -0.1) is 0 Å². The van der Waals surface area contributed by atoms with Crippen molar-refractivity contribution in [2.45, 2.75) is 56.3 Å². The van der Waals surface area contributed by atoms with Crippen LogP contribution in [0.3, 0.4) is 0 Å². The molecule has 3 aromatic rings. The van der Waals surface area contributed by atoms with E-state index < -0.39 is 60.2 Å². The minimum absolute atomic E-state index is 0.0164. The van der Waals surface area contributed by atoms with E-state index in [9.17, 15) is 39.3 Å². The maximum absolute atomic E-state index is 13.3. The highest BCUT2D eigenvalue weighted by Crippen LogP contribution is 2.22. The number of aliphatic carboxylic acids is 2. The van der Waals surface area contributed by atoms with Gasteiger partial charge in [-0.05, 0) is 48.6 Å². The molecule has 0 radical (unpaired) electrons. The summed E-state index contributed by atoms with van der Waals surface area (Å²) in [6.07, 6.45) is 1.87. The molecule has 2 aromatic carbocycles. The van der Waals surface area contributed by atoms with Gasteiger partial charge in [0.05, 0.1) is 12.5 Å². The normalized spacial score (nSPS) is 16.9. The summed E-state index contributed by atoms with van der Waals surface area (Å²) in [5.41, 5.74) is 8.52. The van der Waals surface area contributed by atoms with Gasteiger partial charge in [-0.25, -0.2) is 4.79 Å². The van der Waals surface area contributed by atoms with Crippen molar-refractivity contribution < 1.29 is 39.3 Å². The van der Waals surface area contributed by atoms with Crippen LogP contribution in [0.1, 0.15) is 30.4 Å². The molecule has 1 aromatic heterocycles. The molecule has 8 N–H and O–H groups in total. The van der Waals surface area contributed by atoms with E-state index in [2.05, 4.69) is 15.6 Å². The lowest BCUT2D eigenvalue weighted by atomic mass is 10.0. The largest absolute Gasteiger partial charge is 0.508 e. The van der Waals surface area contributed by atoms with Gasteiger partial charge in [-0.3, -0.25) is 19.2 Å². The zero-order valence-electron chi connectivity index (χ0n) is 22.7. The number of amides is 3. The van der Waals surface area contributed by atoms with E-state index >= 15 is 0 Å². The molecule has 0 spiro atoms. The van der Waals surface area contributed by atoms with Crippen molar-refractivity contribution in [2.75, 3.05) is 6.54 Å². The lowest BCUT2D eigenvalue weighted by Crippen LogP contribution is -2.57. The number of nitrogens with one attached hydrogen (secondary N) is 3. The number of aromatic amines is 1.